The zero-order valence-electron chi connectivity index (χ0n) is 7.85. The molecule has 0 spiro atoms. The van der Waals surface area contributed by atoms with Crippen molar-refractivity contribution < 1.29 is 14.3 Å². The molecule has 0 aliphatic heterocycles. The van der Waals surface area contributed by atoms with E-state index in [0.717, 1.165) is 0 Å². The molecule has 0 aliphatic rings. The third kappa shape index (κ3) is 8.57. The molecule has 13 heavy (non-hydrogen) atoms. The maximum atomic E-state index is 10.7. The van der Waals surface area contributed by atoms with Crippen LogP contribution in [0.25, 0.3) is 0 Å². The first kappa shape index (κ1) is 11.7. The van der Waals surface area contributed by atoms with Crippen molar-refractivity contribution in [3.63, 3.8) is 0 Å². The zero-order valence-corrected chi connectivity index (χ0v) is 7.85. The Kier molecular flexibility index (Phi) is 6.56. The molecule has 0 fully saturated rings. The summed E-state index contributed by atoms with van der Waals surface area (Å²) >= 11 is 0. The van der Waals surface area contributed by atoms with Gasteiger partial charge in [0.15, 0.2) is 0 Å². The number of hydrogen-bond donors (Lipinski definition) is 1. The number of carbonyl (C=O) groups is 2. The van der Waals surface area contributed by atoms with Crippen LogP contribution < -0.4 is 5.32 Å². The average Bonchev–Trinajstić information content (AvgIpc) is 2.03. The molecule has 72 valence electrons. The van der Waals surface area contributed by atoms with E-state index in [2.05, 4.69) is 21.9 Å². The number of rotatable bonds is 4. The molecule has 0 aromatic carbocycles. The molecular weight excluding hydrogens is 170 g/mol. The van der Waals surface area contributed by atoms with Gasteiger partial charge in [0.1, 0.15) is 0 Å². The van der Waals surface area contributed by atoms with Gasteiger partial charge >= 0.3 is 5.97 Å². The van der Waals surface area contributed by atoms with Gasteiger partial charge in [-0.1, -0.05) is 5.92 Å². The summed E-state index contributed by atoms with van der Waals surface area (Å²) < 4.78 is 4.65. The van der Waals surface area contributed by atoms with E-state index in [0.29, 0.717) is 13.2 Å². The largest absolute Gasteiger partial charge is 0.465 e. The molecule has 0 atom stereocenters. The number of nitrogens with one attached hydrogen (secondary N) is 1. The van der Waals surface area contributed by atoms with Crippen LogP contribution in [0.4, 0.5) is 0 Å². The minimum absolute atomic E-state index is 0.125. The van der Waals surface area contributed by atoms with Crippen LogP contribution in [0.1, 0.15) is 13.8 Å². The number of carbonyl (C=O) groups excluding carboxylic acids is 2. The summed E-state index contributed by atoms with van der Waals surface area (Å²) in [5.41, 5.74) is 0. The fraction of sp³-hybridized carbons (Fsp3) is 0.556. The number of ether oxygens (including phenoxy) is 1. The van der Waals surface area contributed by atoms with Gasteiger partial charge in [-0.05, 0) is 12.8 Å². The Labute approximate surface area is 77.6 Å². The summed E-state index contributed by atoms with van der Waals surface area (Å²) in [5, 5.41) is 2.72. The van der Waals surface area contributed by atoms with Gasteiger partial charge in [-0.15, -0.1) is 0 Å². The van der Waals surface area contributed by atoms with Crippen LogP contribution in [-0.4, -0.2) is 31.4 Å². The third-order valence-corrected chi connectivity index (χ3v) is 1.05. The maximum Gasteiger partial charge on any atom is 0.319 e. The normalized spacial score (nSPS) is 8.46. The van der Waals surface area contributed by atoms with Gasteiger partial charge in [0.25, 0.3) is 0 Å². The molecule has 0 amide bonds. The zero-order chi connectivity index (χ0) is 10.1. The molecule has 0 aromatic rings. The second kappa shape index (κ2) is 7.32. The predicted octanol–water partition coefficient (Wildman–Crippen LogP) is -0.268. The molecule has 0 bridgehead atoms. The molecule has 0 rings (SSSR count). The van der Waals surface area contributed by atoms with Gasteiger partial charge < -0.3 is 4.74 Å². The monoisotopic (exact) mass is 183 g/mol. The van der Waals surface area contributed by atoms with E-state index in [1.807, 2.05) is 0 Å². The van der Waals surface area contributed by atoms with Gasteiger partial charge in [0.05, 0.1) is 19.7 Å². The maximum absolute atomic E-state index is 10.7. The van der Waals surface area contributed by atoms with Gasteiger partial charge in [0, 0.05) is 6.92 Å². The molecule has 0 heterocycles. The minimum Gasteiger partial charge on any atom is -0.465 e. The minimum atomic E-state index is -0.313. The van der Waals surface area contributed by atoms with Crippen LogP contribution >= 0.6 is 0 Å². The van der Waals surface area contributed by atoms with Crippen molar-refractivity contribution in [3.05, 3.63) is 0 Å². The van der Waals surface area contributed by atoms with E-state index in [9.17, 15) is 9.59 Å². The molecule has 0 saturated heterocycles. The van der Waals surface area contributed by atoms with Crippen LogP contribution in [0.2, 0.25) is 0 Å². The van der Waals surface area contributed by atoms with E-state index < -0.39 is 0 Å². The summed E-state index contributed by atoms with van der Waals surface area (Å²) in [7, 11) is 0. The lowest BCUT2D eigenvalue weighted by Crippen LogP contribution is -2.24. The van der Waals surface area contributed by atoms with Crippen LogP contribution in [0, 0.1) is 11.8 Å². The van der Waals surface area contributed by atoms with Crippen molar-refractivity contribution in [2.45, 2.75) is 13.8 Å². The predicted molar refractivity (Wildman–Crippen MR) is 48.0 cm³/mol. The van der Waals surface area contributed by atoms with Crippen LogP contribution in [0.15, 0.2) is 0 Å². The highest BCUT2D eigenvalue weighted by Crippen LogP contribution is 1.73. The number of esters is 1. The second-order valence-electron chi connectivity index (χ2n) is 2.27. The van der Waals surface area contributed by atoms with Crippen LogP contribution in [0.3, 0.4) is 0 Å². The summed E-state index contributed by atoms with van der Waals surface area (Å²) in [6.07, 6.45) is 0. The van der Waals surface area contributed by atoms with Gasteiger partial charge in [-0.25, -0.2) is 0 Å². The molecule has 0 aromatic heterocycles. The quantitative estimate of drug-likeness (QED) is 0.282. The Morgan fingerprint density at radius 3 is 2.69 bits per heavy atom. The Balaban J connectivity index is 3.42. The Bertz CT molecular complexity index is 237. The molecule has 4 heteroatoms. The number of hydrogen-bond acceptors (Lipinski definition) is 4. The summed E-state index contributed by atoms with van der Waals surface area (Å²) in [6.45, 7) is 3.95. The molecule has 0 saturated carbocycles. The highest BCUT2D eigenvalue weighted by molar-refractivity contribution is 5.93. The molecule has 1 N–H and O–H groups in total. The van der Waals surface area contributed by atoms with Gasteiger partial charge in [0.2, 0.25) is 5.78 Å². The summed E-state index contributed by atoms with van der Waals surface area (Å²) in [5.74, 6) is 4.42. The molecule has 4 nitrogen and oxygen atoms in total. The Morgan fingerprint density at radius 1 is 1.46 bits per heavy atom. The number of Topliss-reactive ketones (excluding diaryl/α,β-unsaturated/α-hetero) is 1. The van der Waals surface area contributed by atoms with E-state index >= 15 is 0 Å². The van der Waals surface area contributed by atoms with Crippen molar-refractivity contribution in [2.24, 2.45) is 0 Å². The van der Waals surface area contributed by atoms with E-state index in [1.165, 1.54) is 6.92 Å². The van der Waals surface area contributed by atoms with Crippen molar-refractivity contribution in [1.82, 2.24) is 5.32 Å². The van der Waals surface area contributed by atoms with Gasteiger partial charge in [-0.3, -0.25) is 14.9 Å². The van der Waals surface area contributed by atoms with E-state index in [-0.39, 0.29) is 18.3 Å². The SMILES string of the molecule is CCOC(=O)CNCC#CC(C)=O. The smallest absolute Gasteiger partial charge is 0.319 e. The fourth-order valence-electron chi connectivity index (χ4n) is 0.608. The average molecular weight is 183 g/mol. The lowest BCUT2D eigenvalue weighted by atomic mass is 10.4. The van der Waals surface area contributed by atoms with Crippen molar-refractivity contribution in [3.8, 4) is 11.8 Å². The van der Waals surface area contributed by atoms with Gasteiger partial charge in [-0.2, -0.15) is 0 Å². The summed E-state index contributed by atoms with van der Waals surface area (Å²) in [6, 6.07) is 0. The highest BCUT2D eigenvalue weighted by atomic mass is 16.5. The molecule has 0 aliphatic carbocycles. The second-order valence-corrected chi connectivity index (χ2v) is 2.27. The Hall–Kier alpha value is -1.34. The molecular formula is C9H13NO3. The fourth-order valence-corrected chi connectivity index (χ4v) is 0.608. The third-order valence-electron chi connectivity index (χ3n) is 1.05. The Morgan fingerprint density at radius 2 is 2.15 bits per heavy atom. The first-order valence-electron chi connectivity index (χ1n) is 4.02. The van der Waals surface area contributed by atoms with E-state index in [4.69, 9.17) is 0 Å². The first-order chi connectivity index (χ1) is 6.16. The number of ketones is 1. The summed E-state index contributed by atoms with van der Waals surface area (Å²) in [4.78, 5) is 21.1. The van der Waals surface area contributed by atoms with Crippen molar-refractivity contribution >= 4 is 11.8 Å². The topological polar surface area (TPSA) is 55.4 Å². The van der Waals surface area contributed by atoms with Crippen molar-refractivity contribution in [1.29, 1.82) is 0 Å². The van der Waals surface area contributed by atoms with Crippen LogP contribution in [-0.2, 0) is 14.3 Å². The van der Waals surface area contributed by atoms with Crippen LogP contribution in [0.5, 0.6) is 0 Å². The molecule has 0 radical (unpaired) electrons. The lowest BCUT2D eigenvalue weighted by Gasteiger charge is -1.99. The first-order valence-corrected chi connectivity index (χ1v) is 4.02. The molecule has 0 unspecified atom stereocenters. The van der Waals surface area contributed by atoms with Crippen molar-refractivity contribution in [2.75, 3.05) is 19.7 Å². The highest BCUT2D eigenvalue weighted by Gasteiger charge is 1.97. The lowest BCUT2D eigenvalue weighted by molar-refractivity contribution is -0.141. The van der Waals surface area contributed by atoms with E-state index in [1.54, 1.807) is 6.92 Å². The standard InChI is InChI=1S/C9H13NO3/c1-3-13-9(12)7-10-6-4-5-8(2)11/h10H,3,6-7H2,1-2H3.